The van der Waals surface area contributed by atoms with Gasteiger partial charge in [-0.2, -0.15) is 0 Å². The van der Waals surface area contributed by atoms with Gasteiger partial charge in [0.15, 0.2) is 0 Å². The van der Waals surface area contributed by atoms with Gasteiger partial charge in [0.2, 0.25) is 0 Å². The van der Waals surface area contributed by atoms with Gasteiger partial charge in [0.05, 0.1) is 6.54 Å². The van der Waals surface area contributed by atoms with Gasteiger partial charge in [-0.05, 0) is 36.3 Å². The van der Waals surface area contributed by atoms with Gasteiger partial charge in [0, 0.05) is 5.02 Å². The Hall–Kier alpha value is -2.64. The first-order chi connectivity index (χ1) is 21.5. The number of aliphatic hydroxyl groups excluding tert-OH is 1. The molecule has 1 aliphatic heterocycles. The van der Waals surface area contributed by atoms with Crippen LogP contribution in [0, 0.1) is 11.8 Å². The Kier molecular flexibility index (Phi) is 9.50. The van der Waals surface area contributed by atoms with Crippen molar-refractivity contribution in [3.05, 3.63) is 92.1 Å². The van der Waals surface area contributed by atoms with Crippen molar-refractivity contribution < 1.29 is 39.5 Å². The molecule has 2 aromatic heterocycles. The van der Waals surface area contributed by atoms with Crippen molar-refractivity contribution in [1.29, 1.82) is 0 Å². The molecular weight excluding hydrogens is 718 g/mol. The quantitative estimate of drug-likeness (QED) is 0.189. The summed E-state index contributed by atoms with van der Waals surface area (Å²) in [5.74, 6) is 1.16. The van der Waals surface area contributed by atoms with Crippen molar-refractivity contribution in [2.45, 2.75) is 81.8 Å². The summed E-state index contributed by atoms with van der Waals surface area (Å²) in [6, 6.07) is 15.2. The first kappa shape index (κ1) is 32.3. The maximum atomic E-state index is 13.7. The number of halogens is 5. The zero-order valence-corrected chi connectivity index (χ0v) is 28.2. The van der Waals surface area contributed by atoms with Gasteiger partial charge in [-0.25, -0.2) is 0 Å². The summed E-state index contributed by atoms with van der Waals surface area (Å²) >= 11 is 6.71. The van der Waals surface area contributed by atoms with Crippen LogP contribution < -0.4 is 26.9 Å². The molecule has 1 saturated heterocycles. The zero-order chi connectivity index (χ0) is 31.9. The Morgan fingerprint density at radius 3 is 2.49 bits per heavy atom. The summed E-state index contributed by atoms with van der Waals surface area (Å²) in [7, 11) is 0. The predicted octanol–water partition coefficient (Wildman–Crippen LogP) is 3.27. The van der Waals surface area contributed by atoms with Gasteiger partial charge in [-0.15, -0.1) is 0 Å². The molecule has 0 saturated carbocycles. The Morgan fingerprint density at radius 2 is 1.82 bits per heavy atom. The predicted molar refractivity (Wildman–Crippen MR) is 163 cm³/mol. The van der Waals surface area contributed by atoms with E-state index in [4.69, 9.17) is 16.7 Å². The van der Waals surface area contributed by atoms with Gasteiger partial charge in [-0.1, -0.05) is 56.5 Å². The average molecular weight is 755 g/mol. The fraction of sp³-hybridized carbons (Fsp3) is 0.485. The van der Waals surface area contributed by atoms with Crippen molar-refractivity contribution in [1.82, 2.24) is 24.1 Å². The zero-order valence-electron chi connectivity index (χ0n) is 25.3. The number of hydrogen-bond donors (Lipinski definition) is 1. The topological polar surface area (TPSA) is 77.9 Å². The summed E-state index contributed by atoms with van der Waals surface area (Å²) < 4.78 is 46.2. The Bertz CT molecular complexity index is 1710. The molecular formula is C33H37ClF3IN5O2-. The van der Waals surface area contributed by atoms with E-state index in [1.165, 1.54) is 14.7 Å². The summed E-state index contributed by atoms with van der Waals surface area (Å²) in [6.07, 6.45) is -2.65. The number of aromatic nitrogens is 5. The van der Waals surface area contributed by atoms with Crippen LogP contribution in [0.4, 0.5) is 13.2 Å². The first-order valence-corrected chi connectivity index (χ1v) is 18.6. The van der Waals surface area contributed by atoms with Crippen molar-refractivity contribution in [2.24, 2.45) is 11.8 Å². The molecule has 7 nitrogen and oxygen atoms in total. The molecule has 0 amide bonds. The summed E-state index contributed by atoms with van der Waals surface area (Å²) in [4.78, 5) is 13.7. The van der Waals surface area contributed by atoms with Gasteiger partial charge >= 0.3 is 172 Å². The molecule has 2 aliphatic rings. The molecule has 6 rings (SSSR count). The molecule has 4 aromatic rings. The Morgan fingerprint density at radius 1 is 1.09 bits per heavy atom. The summed E-state index contributed by atoms with van der Waals surface area (Å²) in [6.45, 7) is 4.05. The van der Waals surface area contributed by atoms with Gasteiger partial charge in [0.25, 0.3) is 0 Å². The average Bonchev–Trinajstić information content (AvgIpc) is 3.76. The molecule has 1 fully saturated rings. The van der Waals surface area contributed by atoms with Crippen LogP contribution in [-0.4, -0.2) is 45.9 Å². The minimum absolute atomic E-state index is 0.0125. The van der Waals surface area contributed by atoms with Crippen LogP contribution in [0.1, 0.15) is 65.1 Å². The van der Waals surface area contributed by atoms with E-state index >= 15 is 0 Å². The molecule has 1 aliphatic carbocycles. The number of nitrogens with zero attached hydrogens (tertiary/aromatic N) is 5. The van der Waals surface area contributed by atoms with E-state index in [1.807, 2.05) is 41.1 Å². The monoisotopic (exact) mass is 754 g/mol. The smallest absolute Gasteiger partial charge is 0.0840 e. The van der Waals surface area contributed by atoms with Crippen LogP contribution in [0.25, 0.3) is 11.4 Å². The van der Waals surface area contributed by atoms with Crippen LogP contribution in [0.15, 0.2) is 53.3 Å². The number of benzene rings is 2. The molecule has 0 spiro atoms. The van der Waals surface area contributed by atoms with Gasteiger partial charge in [-0.3, -0.25) is 0 Å². The van der Waals surface area contributed by atoms with E-state index in [0.717, 1.165) is 53.5 Å². The molecule has 12 heteroatoms. The van der Waals surface area contributed by atoms with E-state index in [2.05, 4.69) is 18.9 Å². The molecule has 2 aromatic carbocycles. The molecule has 3 unspecified atom stereocenters. The molecule has 0 bridgehead atoms. The van der Waals surface area contributed by atoms with Crippen LogP contribution in [0.3, 0.4) is 0 Å². The van der Waals surface area contributed by atoms with Crippen molar-refractivity contribution in [3.63, 3.8) is 0 Å². The second-order valence-corrected chi connectivity index (χ2v) is 15.9. The normalized spacial score (nSPS) is 19.5. The fourth-order valence-electron chi connectivity index (χ4n) is 6.41. The van der Waals surface area contributed by atoms with Crippen LogP contribution >= 0.6 is 11.6 Å². The molecule has 0 radical (unpaired) electrons. The number of rotatable bonds is 11. The molecule has 242 valence electrons. The fourth-order valence-corrected chi connectivity index (χ4v) is 8.29. The van der Waals surface area contributed by atoms with E-state index in [1.54, 1.807) is 12.1 Å². The first-order valence-electron chi connectivity index (χ1n) is 15.4. The second kappa shape index (κ2) is 13.2. The molecule has 45 heavy (non-hydrogen) atoms. The summed E-state index contributed by atoms with van der Waals surface area (Å²) in [5, 5.41) is 20.1. The number of fused-ring (bicyclic) bond motifs is 1. The third kappa shape index (κ3) is 7.05. The minimum atomic E-state index is -4.87. The Labute approximate surface area is 275 Å². The summed E-state index contributed by atoms with van der Waals surface area (Å²) in [5.41, 5.74) is 4.81. The number of alkyl halides is 5. The standard InChI is InChI=1S/C33H37ClF3IN5O2/c1-3-6-20(2)23-13-14-25-28(39-42(29(25)15-23)17-24-7-4-5-8-26(24)34)18-43-32(45)41(19-30(44)33(35,36)37)31(40-43)22-11-9-21(10-12-22)27-16-38-27/h4-5,7-12,20,23,27,30,44H,3,6,13-19H2,1-2H3/q-1/t20?,23?,27?,30-/m0/s1. The van der Waals surface area contributed by atoms with Crippen molar-refractivity contribution in [3.8, 4) is 11.4 Å². The van der Waals surface area contributed by atoms with Gasteiger partial charge < -0.3 is 0 Å². The third-order valence-corrected chi connectivity index (χ3v) is 11.9. The van der Waals surface area contributed by atoms with E-state index in [9.17, 15) is 23.1 Å². The van der Waals surface area contributed by atoms with Crippen molar-refractivity contribution >= 4 is 11.6 Å². The molecule has 4 atom stereocenters. The Balaban J connectivity index is 1.38. The molecule has 1 N–H and O–H groups in total. The van der Waals surface area contributed by atoms with E-state index in [0.29, 0.717) is 38.6 Å². The van der Waals surface area contributed by atoms with Crippen LogP contribution in [-0.2, 0) is 32.5 Å². The van der Waals surface area contributed by atoms with Crippen molar-refractivity contribution in [2.75, 3.05) is 4.43 Å². The third-order valence-electron chi connectivity index (χ3n) is 9.09. The number of hydrogen-bond acceptors (Lipinski definition) is 4. The minimum Gasteiger partial charge on any atom is -0.0840 e. The maximum absolute atomic E-state index is 13.7. The molecule has 3 heterocycles. The number of aliphatic hydroxyl groups is 1. The van der Waals surface area contributed by atoms with Crippen LogP contribution in [0.2, 0.25) is 5.02 Å². The van der Waals surface area contributed by atoms with Crippen LogP contribution in [0.5, 0.6) is 0 Å². The second-order valence-electron chi connectivity index (χ2n) is 12.2. The van der Waals surface area contributed by atoms with Gasteiger partial charge in [0.1, 0.15) is 0 Å². The van der Waals surface area contributed by atoms with E-state index in [-0.39, 0.29) is 33.6 Å². The SMILES string of the molecule is CCCC(C)C1CCc2c(Cn3nc(-c4ccc(C5C[I-]5)cc4)n(C[C@H](O)C(F)(F)F)c3=O)nn(Cc3ccccc3Cl)c2C1. The van der Waals surface area contributed by atoms with E-state index < -0.39 is 24.5 Å².